The average Bonchev–Trinajstić information content (AvgIpc) is 2.07. The first-order valence-electron chi connectivity index (χ1n) is 3.82. The average molecular weight is 203 g/mol. The van der Waals surface area contributed by atoms with Crippen LogP contribution < -0.4 is 0 Å². The van der Waals surface area contributed by atoms with Crippen molar-refractivity contribution >= 4 is 5.71 Å². The van der Waals surface area contributed by atoms with Crippen molar-refractivity contribution in [1.29, 1.82) is 0 Å². The van der Waals surface area contributed by atoms with E-state index < -0.39 is 11.9 Å². The normalized spacial score (nSPS) is 13.0. The van der Waals surface area contributed by atoms with Gasteiger partial charge in [-0.05, 0) is 12.5 Å². The summed E-state index contributed by atoms with van der Waals surface area (Å²) in [5.41, 5.74) is -0.962. The quantitative estimate of drug-likeness (QED) is 0.425. The molecule has 1 rings (SSSR count). The van der Waals surface area contributed by atoms with E-state index in [0.717, 1.165) is 0 Å². The molecule has 1 aromatic rings. The van der Waals surface area contributed by atoms with Crippen molar-refractivity contribution < 1.29 is 18.4 Å². The van der Waals surface area contributed by atoms with Gasteiger partial charge in [0.25, 0.3) is 0 Å². The molecule has 0 spiro atoms. The summed E-state index contributed by atoms with van der Waals surface area (Å²) in [4.78, 5) is 0. The van der Waals surface area contributed by atoms with Crippen LogP contribution in [0.2, 0.25) is 0 Å². The number of oxime groups is 1. The Hall–Kier alpha value is -1.52. The van der Waals surface area contributed by atoms with E-state index in [-0.39, 0.29) is 5.56 Å². The third-order valence-electron chi connectivity index (χ3n) is 1.77. The van der Waals surface area contributed by atoms with Crippen molar-refractivity contribution in [3.05, 3.63) is 35.4 Å². The van der Waals surface area contributed by atoms with Crippen molar-refractivity contribution in [2.75, 3.05) is 0 Å². The zero-order chi connectivity index (χ0) is 10.8. The second-order valence-electron chi connectivity index (χ2n) is 2.76. The summed E-state index contributed by atoms with van der Waals surface area (Å²) in [7, 11) is 0. The highest BCUT2D eigenvalue weighted by Crippen LogP contribution is 2.24. The maximum atomic E-state index is 12.3. The van der Waals surface area contributed by atoms with Gasteiger partial charge in [0.2, 0.25) is 0 Å². The van der Waals surface area contributed by atoms with Gasteiger partial charge in [-0.1, -0.05) is 29.4 Å². The van der Waals surface area contributed by atoms with Gasteiger partial charge in [-0.15, -0.1) is 0 Å². The molecule has 0 aromatic heterocycles. The van der Waals surface area contributed by atoms with E-state index in [1.807, 2.05) is 0 Å². The third kappa shape index (κ3) is 2.04. The number of rotatable bonds is 1. The lowest BCUT2D eigenvalue weighted by molar-refractivity contribution is -0.0601. The molecule has 0 fully saturated rings. The predicted octanol–water partition coefficient (Wildman–Crippen LogP) is 2.74. The fourth-order valence-electron chi connectivity index (χ4n) is 1.10. The molecule has 1 aromatic carbocycles. The van der Waals surface area contributed by atoms with Crippen LogP contribution in [-0.2, 0) is 0 Å². The minimum Gasteiger partial charge on any atom is -0.410 e. The number of hydrogen-bond donors (Lipinski definition) is 1. The molecular formula is C9H8F3NO. The van der Waals surface area contributed by atoms with Crippen LogP contribution in [0.5, 0.6) is 0 Å². The fourth-order valence-corrected chi connectivity index (χ4v) is 1.10. The van der Waals surface area contributed by atoms with Crippen molar-refractivity contribution in [3.63, 3.8) is 0 Å². The lowest BCUT2D eigenvalue weighted by Gasteiger charge is -2.10. The van der Waals surface area contributed by atoms with Crippen LogP contribution in [0.1, 0.15) is 11.1 Å². The minimum atomic E-state index is -4.64. The summed E-state index contributed by atoms with van der Waals surface area (Å²) < 4.78 is 36.9. The number of halogens is 3. The Balaban J connectivity index is 3.23. The lowest BCUT2D eigenvalue weighted by Crippen LogP contribution is -2.24. The molecule has 0 radical (unpaired) electrons. The van der Waals surface area contributed by atoms with E-state index in [4.69, 9.17) is 5.21 Å². The molecular weight excluding hydrogens is 195 g/mol. The van der Waals surface area contributed by atoms with Crippen LogP contribution in [0.4, 0.5) is 13.2 Å². The Kier molecular flexibility index (Phi) is 2.78. The second-order valence-corrected chi connectivity index (χ2v) is 2.76. The number of benzene rings is 1. The van der Waals surface area contributed by atoms with Gasteiger partial charge in [0.15, 0.2) is 5.71 Å². The molecule has 14 heavy (non-hydrogen) atoms. The number of nitrogens with zero attached hydrogens (tertiary/aromatic N) is 1. The molecule has 0 unspecified atom stereocenters. The summed E-state index contributed by atoms with van der Waals surface area (Å²) in [5.74, 6) is 0. The minimum absolute atomic E-state index is 0.109. The van der Waals surface area contributed by atoms with E-state index >= 15 is 0 Å². The zero-order valence-electron chi connectivity index (χ0n) is 7.34. The van der Waals surface area contributed by atoms with Crippen LogP contribution >= 0.6 is 0 Å². The highest BCUT2D eigenvalue weighted by atomic mass is 19.4. The number of hydrogen-bond acceptors (Lipinski definition) is 2. The predicted molar refractivity (Wildman–Crippen MR) is 45.6 cm³/mol. The molecule has 76 valence electrons. The van der Waals surface area contributed by atoms with Crippen molar-refractivity contribution in [2.45, 2.75) is 13.1 Å². The maximum absolute atomic E-state index is 12.3. The smallest absolute Gasteiger partial charge is 0.410 e. The summed E-state index contributed by atoms with van der Waals surface area (Å²) in [5, 5.41) is 10.6. The van der Waals surface area contributed by atoms with Gasteiger partial charge in [-0.3, -0.25) is 0 Å². The monoisotopic (exact) mass is 203 g/mol. The summed E-state index contributed by atoms with van der Waals surface area (Å²) >= 11 is 0. The first-order chi connectivity index (χ1) is 6.46. The van der Waals surface area contributed by atoms with Gasteiger partial charge in [0.05, 0.1) is 0 Å². The van der Waals surface area contributed by atoms with Gasteiger partial charge in [0, 0.05) is 5.56 Å². The van der Waals surface area contributed by atoms with Crippen LogP contribution in [0.15, 0.2) is 29.4 Å². The molecule has 5 heteroatoms. The Bertz CT molecular complexity index is 357. The van der Waals surface area contributed by atoms with Crippen LogP contribution in [0.3, 0.4) is 0 Å². The molecule has 2 nitrogen and oxygen atoms in total. The Morgan fingerprint density at radius 2 is 1.86 bits per heavy atom. The largest absolute Gasteiger partial charge is 0.437 e. The molecule has 0 heterocycles. The van der Waals surface area contributed by atoms with Gasteiger partial charge >= 0.3 is 6.18 Å². The van der Waals surface area contributed by atoms with E-state index in [0.29, 0.717) is 5.56 Å². The van der Waals surface area contributed by atoms with E-state index in [9.17, 15) is 13.2 Å². The number of alkyl halides is 3. The van der Waals surface area contributed by atoms with Crippen molar-refractivity contribution in [3.8, 4) is 0 Å². The highest BCUT2D eigenvalue weighted by molar-refractivity contribution is 6.05. The molecule has 0 aliphatic carbocycles. The van der Waals surface area contributed by atoms with Gasteiger partial charge in [-0.25, -0.2) is 0 Å². The zero-order valence-corrected chi connectivity index (χ0v) is 7.34. The van der Waals surface area contributed by atoms with Crippen molar-refractivity contribution in [2.24, 2.45) is 5.16 Å². The molecule has 0 amide bonds. The Morgan fingerprint density at radius 1 is 1.29 bits per heavy atom. The molecule has 1 N–H and O–H groups in total. The van der Waals surface area contributed by atoms with E-state index in [1.165, 1.54) is 25.1 Å². The lowest BCUT2D eigenvalue weighted by atomic mass is 10.0. The topological polar surface area (TPSA) is 32.6 Å². The summed E-state index contributed by atoms with van der Waals surface area (Å²) in [6.45, 7) is 1.52. The maximum Gasteiger partial charge on any atom is 0.437 e. The van der Waals surface area contributed by atoms with Crippen LogP contribution in [-0.4, -0.2) is 17.1 Å². The molecule has 0 atom stereocenters. The van der Waals surface area contributed by atoms with Crippen molar-refractivity contribution in [1.82, 2.24) is 0 Å². The van der Waals surface area contributed by atoms with E-state index in [1.54, 1.807) is 6.07 Å². The standard InChI is InChI=1S/C9H8F3NO/c1-6-4-2-3-5-7(6)8(13-14)9(10,11)12/h2-5,14H,1H3. The van der Waals surface area contributed by atoms with E-state index in [2.05, 4.69) is 5.16 Å². The molecule has 0 saturated carbocycles. The van der Waals surface area contributed by atoms with Gasteiger partial charge in [-0.2, -0.15) is 13.2 Å². The summed E-state index contributed by atoms with van der Waals surface area (Å²) in [6.07, 6.45) is -4.64. The SMILES string of the molecule is Cc1ccccc1C(=NO)C(F)(F)F. The molecule has 0 aliphatic rings. The fraction of sp³-hybridized carbons (Fsp3) is 0.222. The van der Waals surface area contributed by atoms with Gasteiger partial charge < -0.3 is 5.21 Å². The molecule has 0 bridgehead atoms. The Morgan fingerprint density at radius 3 is 2.29 bits per heavy atom. The second kappa shape index (κ2) is 3.69. The first-order valence-corrected chi connectivity index (χ1v) is 3.82. The molecule has 0 aliphatic heterocycles. The van der Waals surface area contributed by atoms with Crippen LogP contribution in [0.25, 0.3) is 0 Å². The van der Waals surface area contributed by atoms with Crippen LogP contribution in [0, 0.1) is 6.92 Å². The Labute approximate surface area is 78.7 Å². The first kappa shape index (κ1) is 10.6. The molecule has 0 saturated heterocycles. The third-order valence-corrected chi connectivity index (χ3v) is 1.77. The summed E-state index contributed by atoms with van der Waals surface area (Å²) in [6, 6.07) is 5.85. The highest BCUT2D eigenvalue weighted by Gasteiger charge is 2.38. The number of aryl methyl sites for hydroxylation is 1. The van der Waals surface area contributed by atoms with Gasteiger partial charge in [0.1, 0.15) is 0 Å².